The van der Waals surface area contributed by atoms with Gasteiger partial charge in [0, 0.05) is 18.2 Å². The van der Waals surface area contributed by atoms with Crippen molar-refractivity contribution < 1.29 is 9.84 Å². The van der Waals surface area contributed by atoms with Crippen LogP contribution in [0.25, 0.3) is 0 Å². The van der Waals surface area contributed by atoms with Gasteiger partial charge in [0.2, 0.25) is 0 Å². The number of rotatable bonds is 6. The Hall–Kier alpha value is -1.92. The molecule has 3 rings (SSSR count). The number of aryl methyl sites for hydroxylation is 3. The van der Waals surface area contributed by atoms with Crippen LogP contribution in [-0.2, 0) is 6.54 Å². The predicted molar refractivity (Wildman–Crippen MR) is 96.8 cm³/mol. The van der Waals surface area contributed by atoms with E-state index in [1.807, 2.05) is 43.7 Å². The zero-order chi connectivity index (χ0) is 18.0. The molecule has 1 aliphatic heterocycles. The van der Waals surface area contributed by atoms with Crippen molar-refractivity contribution in [3.63, 3.8) is 0 Å². The van der Waals surface area contributed by atoms with Crippen molar-refractivity contribution in [1.29, 1.82) is 0 Å². The van der Waals surface area contributed by atoms with Crippen LogP contribution in [-0.4, -0.2) is 51.0 Å². The summed E-state index contributed by atoms with van der Waals surface area (Å²) in [6.07, 6.45) is 1.71. The molecule has 136 valence electrons. The van der Waals surface area contributed by atoms with E-state index in [9.17, 15) is 5.11 Å². The molecule has 25 heavy (non-hydrogen) atoms. The molecule has 0 unspecified atom stereocenters. The predicted octanol–water partition coefficient (Wildman–Crippen LogP) is 2.41. The highest BCUT2D eigenvalue weighted by molar-refractivity contribution is 5.38. The third kappa shape index (κ3) is 4.02. The van der Waals surface area contributed by atoms with Gasteiger partial charge in [-0.05, 0) is 52.3 Å². The lowest BCUT2D eigenvalue weighted by Gasteiger charge is -2.27. The zero-order valence-electron chi connectivity index (χ0n) is 15.6. The summed E-state index contributed by atoms with van der Waals surface area (Å²) in [5.41, 5.74) is 1.99. The number of likely N-dealkylation sites (tertiary alicyclic amines) is 1. The second-order valence-electron chi connectivity index (χ2n) is 6.94. The zero-order valence-corrected chi connectivity index (χ0v) is 15.6. The molecule has 1 N–H and O–H groups in total. The Morgan fingerprint density at radius 3 is 2.80 bits per heavy atom. The molecule has 0 amide bonds. The number of hydrogen-bond acceptors (Lipinski definition) is 5. The maximum atomic E-state index is 10.8. The first-order chi connectivity index (χ1) is 12.0. The van der Waals surface area contributed by atoms with Crippen molar-refractivity contribution in [2.75, 3.05) is 20.2 Å². The molecule has 6 nitrogen and oxygen atoms in total. The molecule has 0 aliphatic carbocycles. The summed E-state index contributed by atoms with van der Waals surface area (Å²) in [6, 6.07) is 6.32. The van der Waals surface area contributed by atoms with Crippen LogP contribution in [0.3, 0.4) is 0 Å². The number of aromatic nitrogens is 3. The SMILES string of the molecule is COc1ccc(C)cc1[C@H](O)CN1CCC[C@H]1Cn1nc(C)nc1C. The van der Waals surface area contributed by atoms with E-state index >= 15 is 0 Å². The van der Waals surface area contributed by atoms with E-state index in [-0.39, 0.29) is 0 Å². The number of aliphatic hydroxyl groups excluding tert-OH is 1. The minimum Gasteiger partial charge on any atom is -0.496 e. The Morgan fingerprint density at radius 1 is 1.32 bits per heavy atom. The molecular formula is C19H28N4O2. The van der Waals surface area contributed by atoms with Crippen LogP contribution in [0.15, 0.2) is 18.2 Å². The number of nitrogens with zero attached hydrogens (tertiary/aromatic N) is 4. The summed E-state index contributed by atoms with van der Waals surface area (Å²) < 4.78 is 7.41. The van der Waals surface area contributed by atoms with Crippen LogP contribution in [0.5, 0.6) is 5.75 Å². The van der Waals surface area contributed by atoms with Gasteiger partial charge in [0.25, 0.3) is 0 Å². The minimum atomic E-state index is -0.561. The molecule has 0 bridgehead atoms. The quantitative estimate of drug-likeness (QED) is 0.872. The van der Waals surface area contributed by atoms with Gasteiger partial charge in [0.15, 0.2) is 0 Å². The van der Waals surface area contributed by atoms with Crippen LogP contribution in [0.2, 0.25) is 0 Å². The smallest absolute Gasteiger partial charge is 0.147 e. The summed E-state index contributed by atoms with van der Waals surface area (Å²) in [5.74, 6) is 2.51. The third-order valence-corrected chi connectivity index (χ3v) is 5.00. The number of hydrogen-bond donors (Lipinski definition) is 1. The molecule has 2 aromatic rings. The molecule has 2 heterocycles. The molecule has 1 aliphatic rings. The number of benzene rings is 1. The molecule has 1 fully saturated rings. The van der Waals surface area contributed by atoms with Gasteiger partial charge in [0.05, 0.1) is 19.8 Å². The Balaban J connectivity index is 1.71. The number of aliphatic hydroxyl groups is 1. The van der Waals surface area contributed by atoms with E-state index in [1.165, 1.54) is 0 Å². The fourth-order valence-electron chi connectivity index (χ4n) is 3.71. The molecule has 0 saturated carbocycles. The average molecular weight is 344 g/mol. The van der Waals surface area contributed by atoms with Gasteiger partial charge in [-0.25, -0.2) is 9.67 Å². The third-order valence-electron chi connectivity index (χ3n) is 5.00. The Bertz CT molecular complexity index is 728. The van der Waals surface area contributed by atoms with Gasteiger partial charge in [-0.3, -0.25) is 4.90 Å². The standard InChI is InChI=1S/C19H28N4O2/c1-13-7-8-19(25-4)17(10-13)18(24)12-22-9-5-6-16(22)11-23-15(3)20-14(2)21-23/h7-8,10,16,18,24H,5-6,9,11-12H2,1-4H3/t16-,18+/m0/s1. The first-order valence-electron chi connectivity index (χ1n) is 8.92. The van der Waals surface area contributed by atoms with Gasteiger partial charge < -0.3 is 9.84 Å². The second-order valence-corrected chi connectivity index (χ2v) is 6.94. The highest BCUT2D eigenvalue weighted by Gasteiger charge is 2.28. The van der Waals surface area contributed by atoms with Crippen molar-refractivity contribution in [2.24, 2.45) is 0 Å². The Kier molecular flexibility index (Phi) is 5.39. The summed E-state index contributed by atoms with van der Waals surface area (Å²) in [7, 11) is 1.65. The summed E-state index contributed by atoms with van der Waals surface area (Å²) in [5, 5.41) is 15.3. The molecule has 2 atom stereocenters. The van der Waals surface area contributed by atoms with E-state index < -0.39 is 6.10 Å². The lowest BCUT2D eigenvalue weighted by atomic mass is 10.0. The van der Waals surface area contributed by atoms with Gasteiger partial charge in [-0.1, -0.05) is 11.6 Å². The molecule has 0 radical (unpaired) electrons. The highest BCUT2D eigenvalue weighted by Crippen LogP contribution is 2.29. The fourth-order valence-corrected chi connectivity index (χ4v) is 3.71. The molecular weight excluding hydrogens is 316 g/mol. The minimum absolute atomic E-state index is 0.380. The topological polar surface area (TPSA) is 63.4 Å². The summed E-state index contributed by atoms with van der Waals surface area (Å²) in [6.45, 7) is 8.38. The van der Waals surface area contributed by atoms with Crippen molar-refractivity contribution >= 4 is 0 Å². The molecule has 0 spiro atoms. The van der Waals surface area contributed by atoms with Crippen molar-refractivity contribution in [2.45, 2.75) is 52.3 Å². The number of ether oxygens (including phenoxy) is 1. The molecule has 1 aromatic carbocycles. The average Bonchev–Trinajstić information content (AvgIpc) is 3.13. The Morgan fingerprint density at radius 2 is 2.12 bits per heavy atom. The number of β-amino-alcohol motifs (C(OH)–C–C–N with tert-alkyl or cyclic N) is 1. The molecule has 1 aromatic heterocycles. The van der Waals surface area contributed by atoms with E-state index in [2.05, 4.69) is 15.0 Å². The maximum absolute atomic E-state index is 10.8. The fraction of sp³-hybridized carbons (Fsp3) is 0.579. The first kappa shape index (κ1) is 17.9. The van der Waals surface area contributed by atoms with Crippen molar-refractivity contribution in [3.8, 4) is 5.75 Å². The van der Waals surface area contributed by atoms with Crippen molar-refractivity contribution in [1.82, 2.24) is 19.7 Å². The van der Waals surface area contributed by atoms with E-state index in [0.717, 1.165) is 54.5 Å². The lowest BCUT2D eigenvalue weighted by molar-refractivity contribution is 0.0981. The second kappa shape index (κ2) is 7.54. The van der Waals surface area contributed by atoms with Gasteiger partial charge in [-0.15, -0.1) is 0 Å². The Labute approximate surface area is 149 Å². The lowest BCUT2D eigenvalue weighted by Crippen LogP contribution is -2.36. The molecule has 6 heteroatoms. The largest absolute Gasteiger partial charge is 0.496 e. The van der Waals surface area contributed by atoms with E-state index in [4.69, 9.17) is 4.74 Å². The van der Waals surface area contributed by atoms with Crippen molar-refractivity contribution in [3.05, 3.63) is 41.0 Å². The van der Waals surface area contributed by atoms with Crippen LogP contribution in [0.1, 0.15) is 41.7 Å². The van der Waals surface area contributed by atoms with Crippen LogP contribution >= 0.6 is 0 Å². The maximum Gasteiger partial charge on any atom is 0.147 e. The highest BCUT2D eigenvalue weighted by atomic mass is 16.5. The monoisotopic (exact) mass is 344 g/mol. The first-order valence-corrected chi connectivity index (χ1v) is 8.92. The summed E-state index contributed by atoms with van der Waals surface area (Å²) >= 11 is 0. The summed E-state index contributed by atoms with van der Waals surface area (Å²) in [4.78, 5) is 6.75. The number of methoxy groups -OCH3 is 1. The molecule has 1 saturated heterocycles. The normalized spacial score (nSPS) is 19.3. The van der Waals surface area contributed by atoms with Gasteiger partial charge in [0.1, 0.15) is 17.4 Å². The van der Waals surface area contributed by atoms with Crippen LogP contribution in [0, 0.1) is 20.8 Å². The van der Waals surface area contributed by atoms with Gasteiger partial charge in [-0.2, -0.15) is 5.10 Å². The van der Waals surface area contributed by atoms with Crippen LogP contribution < -0.4 is 4.74 Å². The van der Waals surface area contributed by atoms with Gasteiger partial charge >= 0.3 is 0 Å². The van der Waals surface area contributed by atoms with Crippen LogP contribution in [0.4, 0.5) is 0 Å². The van der Waals surface area contributed by atoms with E-state index in [0.29, 0.717) is 12.6 Å². The van der Waals surface area contributed by atoms with E-state index in [1.54, 1.807) is 7.11 Å².